The van der Waals surface area contributed by atoms with Crippen LogP contribution in [0.15, 0.2) is 0 Å². The van der Waals surface area contributed by atoms with E-state index in [1.54, 1.807) is 0 Å². The Balaban J connectivity index is 2.69. The second-order valence-electron chi connectivity index (χ2n) is 4.48. The highest BCUT2D eigenvalue weighted by Gasteiger charge is 2.31. The highest BCUT2D eigenvalue weighted by atomic mass is 32.2. The third-order valence-corrected chi connectivity index (χ3v) is 4.36. The minimum atomic E-state index is -3.53. The molecule has 1 fully saturated rings. The number of hydrogen-bond donors (Lipinski definition) is 2. The lowest BCUT2D eigenvalue weighted by Crippen LogP contribution is -2.54. The SMILES string of the molecule is CC[C@@H](CO)NS(=O)(=O)N1CC(C)OC(C)C1. The summed E-state index contributed by atoms with van der Waals surface area (Å²) in [4.78, 5) is 0. The first-order chi connectivity index (χ1) is 7.89. The number of nitrogens with zero attached hydrogens (tertiary/aromatic N) is 1. The summed E-state index contributed by atoms with van der Waals surface area (Å²) in [7, 11) is -3.53. The van der Waals surface area contributed by atoms with Crippen LogP contribution in [0.2, 0.25) is 0 Å². The molecule has 7 heteroatoms. The van der Waals surface area contributed by atoms with E-state index in [4.69, 9.17) is 9.84 Å². The highest BCUT2D eigenvalue weighted by molar-refractivity contribution is 7.87. The van der Waals surface area contributed by atoms with E-state index < -0.39 is 16.3 Å². The Morgan fingerprint density at radius 1 is 1.41 bits per heavy atom. The van der Waals surface area contributed by atoms with Crippen LogP contribution in [-0.4, -0.2) is 55.8 Å². The van der Waals surface area contributed by atoms with Gasteiger partial charge in [-0.2, -0.15) is 17.4 Å². The lowest BCUT2D eigenvalue weighted by molar-refractivity contribution is -0.0445. The molecule has 3 atom stereocenters. The number of rotatable bonds is 5. The van der Waals surface area contributed by atoms with Gasteiger partial charge in [0.15, 0.2) is 0 Å². The van der Waals surface area contributed by atoms with Crippen LogP contribution < -0.4 is 4.72 Å². The zero-order chi connectivity index (χ0) is 13.1. The zero-order valence-electron chi connectivity index (χ0n) is 10.6. The third-order valence-electron chi connectivity index (χ3n) is 2.75. The Morgan fingerprint density at radius 3 is 2.35 bits per heavy atom. The maximum absolute atomic E-state index is 12.1. The predicted octanol–water partition coefficient (Wildman–Crippen LogP) is -0.299. The quantitative estimate of drug-likeness (QED) is 0.716. The van der Waals surface area contributed by atoms with Crippen molar-refractivity contribution in [3.8, 4) is 0 Å². The van der Waals surface area contributed by atoms with Crippen LogP contribution in [0.4, 0.5) is 0 Å². The van der Waals surface area contributed by atoms with Crippen molar-refractivity contribution in [3.63, 3.8) is 0 Å². The van der Waals surface area contributed by atoms with E-state index >= 15 is 0 Å². The third kappa shape index (κ3) is 4.18. The summed E-state index contributed by atoms with van der Waals surface area (Å²) >= 11 is 0. The number of hydrogen-bond acceptors (Lipinski definition) is 4. The normalized spacial score (nSPS) is 29.2. The highest BCUT2D eigenvalue weighted by Crippen LogP contribution is 2.14. The summed E-state index contributed by atoms with van der Waals surface area (Å²) in [5.74, 6) is 0. The second-order valence-corrected chi connectivity index (χ2v) is 6.19. The van der Waals surface area contributed by atoms with Gasteiger partial charge in [-0.25, -0.2) is 0 Å². The molecule has 0 amide bonds. The molecule has 102 valence electrons. The first kappa shape index (κ1) is 14.8. The van der Waals surface area contributed by atoms with Crippen LogP contribution in [0.3, 0.4) is 0 Å². The minimum absolute atomic E-state index is 0.107. The summed E-state index contributed by atoms with van der Waals surface area (Å²) in [6.07, 6.45) is 0.347. The summed E-state index contributed by atoms with van der Waals surface area (Å²) in [5.41, 5.74) is 0. The Morgan fingerprint density at radius 2 is 1.94 bits per heavy atom. The Hall–Kier alpha value is -0.210. The number of nitrogens with one attached hydrogen (secondary N) is 1. The Bertz CT molecular complexity index is 319. The summed E-state index contributed by atoms with van der Waals surface area (Å²) in [5, 5.41) is 9.02. The van der Waals surface area contributed by atoms with Crippen molar-refractivity contribution in [2.75, 3.05) is 19.7 Å². The fourth-order valence-corrected chi connectivity index (χ4v) is 3.49. The van der Waals surface area contributed by atoms with Crippen LogP contribution in [0.5, 0.6) is 0 Å². The van der Waals surface area contributed by atoms with Gasteiger partial charge in [0.1, 0.15) is 0 Å². The molecular formula is C10H22N2O4S. The molecule has 0 radical (unpaired) electrons. The molecule has 1 aliphatic rings. The van der Waals surface area contributed by atoms with Gasteiger partial charge < -0.3 is 9.84 Å². The van der Waals surface area contributed by atoms with Crippen LogP contribution >= 0.6 is 0 Å². The Labute approximate surface area is 103 Å². The largest absolute Gasteiger partial charge is 0.395 e. The molecule has 0 bridgehead atoms. The van der Waals surface area contributed by atoms with E-state index in [-0.39, 0.29) is 18.8 Å². The van der Waals surface area contributed by atoms with Crippen LogP contribution in [0.25, 0.3) is 0 Å². The molecule has 17 heavy (non-hydrogen) atoms. The molecule has 1 aliphatic heterocycles. The van der Waals surface area contributed by atoms with Gasteiger partial charge in [-0.05, 0) is 20.3 Å². The van der Waals surface area contributed by atoms with Crippen molar-refractivity contribution in [1.82, 2.24) is 9.03 Å². The van der Waals surface area contributed by atoms with E-state index in [0.29, 0.717) is 19.5 Å². The second kappa shape index (κ2) is 6.10. The summed E-state index contributed by atoms with van der Waals surface area (Å²) in [6.45, 7) is 6.03. The topological polar surface area (TPSA) is 78.9 Å². The molecular weight excluding hydrogens is 244 g/mol. The molecule has 2 unspecified atom stereocenters. The number of ether oxygens (including phenoxy) is 1. The fourth-order valence-electron chi connectivity index (χ4n) is 1.86. The zero-order valence-corrected chi connectivity index (χ0v) is 11.4. The van der Waals surface area contributed by atoms with E-state index in [9.17, 15) is 8.42 Å². The van der Waals surface area contributed by atoms with Crippen molar-refractivity contribution in [2.24, 2.45) is 0 Å². The summed E-state index contributed by atoms with van der Waals surface area (Å²) < 4.78 is 33.5. The molecule has 1 saturated heterocycles. The van der Waals surface area contributed by atoms with E-state index in [1.165, 1.54) is 4.31 Å². The molecule has 0 aliphatic carbocycles. The van der Waals surface area contributed by atoms with Gasteiger partial charge in [-0.3, -0.25) is 0 Å². The van der Waals surface area contributed by atoms with Gasteiger partial charge in [0, 0.05) is 19.1 Å². The standard InChI is InChI=1S/C10H22N2O4S/c1-4-10(7-13)11-17(14,15)12-5-8(2)16-9(3)6-12/h8-11,13H,4-7H2,1-3H3/t8?,9?,10-/m0/s1. The minimum Gasteiger partial charge on any atom is -0.395 e. The molecule has 0 aromatic rings. The van der Waals surface area contributed by atoms with E-state index in [0.717, 1.165) is 0 Å². The molecule has 2 N–H and O–H groups in total. The van der Waals surface area contributed by atoms with Crippen molar-refractivity contribution in [2.45, 2.75) is 45.4 Å². The predicted molar refractivity (Wildman–Crippen MR) is 64.8 cm³/mol. The lowest BCUT2D eigenvalue weighted by atomic mass is 10.3. The first-order valence-corrected chi connectivity index (χ1v) is 7.36. The van der Waals surface area contributed by atoms with Crippen molar-refractivity contribution in [3.05, 3.63) is 0 Å². The van der Waals surface area contributed by atoms with Gasteiger partial charge in [-0.1, -0.05) is 6.92 Å². The van der Waals surface area contributed by atoms with Gasteiger partial charge in [0.25, 0.3) is 10.2 Å². The average molecular weight is 266 g/mol. The van der Waals surface area contributed by atoms with E-state index in [1.807, 2.05) is 20.8 Å². The maximum atomic E-state index is 12.1. The maximum Gasteiger partial charge on any atom is 0.279 e. The van der Waals surface area contributed by atoms with E-state index in [2.05, 4.69) is 4.72 Å². The molecule has 1 rings (SSSR count). The van der Waals surface area contributed by atoms with Crippen molar-refractivity contribution in [1.29, 1.82) is 0 Å². The fraction of sp³-hybridized carbons (Fsp3) is 1.00. The molecule has 0 aromatic heterocycles. The Kier molecular flexibility index (Phi) is 5.33. The van der Waals surface area contributed by atoms with Crippen molar-refractivity contribution < 1.29 is 18.3 Å². The van der Waals surface area contributed by atoms with Gasteiger partial charge in [-0.15, -0.1) is 0 Å². The number of aliphatic hydroxyl groups is 1. The monoisotopic (exact) mass is 266 g/mol. The molecule has 0 aromatic carbocycles. The lowest BCUT2D eigenvalue weighted by Gasteiger charge is -2.35. The number of morpholine rings is 1. The smallest absolute Gasteiger partial charge is 0.279 e. The number of aliphatic hydroxyl groups excluding tert-OH is 1. The molecule has 0 saturated carbocycles. The molecule has 0 spiro atoms. The van der Waals surface area contributed by atoms with Crippen LogP contribution in [-0.2, 0) is 14.9 Å². The van der Waals surface area contributed by atoms with Crippen LogP contribution in [0, 0.1) is 0 Å². The molecule has 1 heterocycles. The summed E-state index contributed by atoms with van der Waals surface area (Å²) in [6, 6.07) is -0.423. The average Bonchev–Trinajstić information content (AvgIpc) is 2.24. The van der Waals surface area contributed by atoms with Gasteiger partial charge in [0.2, 0.25) is 0 Å². The molecule has 6 nitrogen and oxygen atoms in total. The van der Waals surface area contributed by atoms with Gasteiger partial charge >= 0.3 is 0 Å². The van der Waals surface area contributed by atoms with Crippen LogP contribution in [0.1, 0.15) is 27.2 Å². The van der Waals surface area contributed by atoms with Crippen molar-refractivity contribution >= 4 is 10.2 Å². The van der Waals surface area contributed by atoms with Gasteiger partial charge in [0.05, 0.1) is 18.8 Å². The first-order valence-electron chi connectivity index (χ1n) is 5.92.